The number of fused-ring (bicyclic) bond motifs is 7. The zero-order valence-electron chi connectivity index (χ0n) is 26.6. The van der Waals surface area contributed by atoms with Gasteiger partial charge in [0.2, 0.25) is 0 Å². The number of H-pyrrole nitrogens is 1. The lowest BCUT2D eigenvalue weighted by Gasteiger charge is -2.72. The largest absolute Gasteiger partial charge is 0.393 e. The summed E-state index contributed by atoms with van der Waals surface area (Å²) in [6.45, 7) is 19.6. The van der Waals surface area contributed by atoms with Crippen molar-refractivity contribution in [3.63, 3.8) is 0 Å². The molecular formula is C36H50N4OS. The average molecular weight is 587 g/mol. The summed E-state index contributed by atoms with van der Waals surface area (Å²) < 4.78 is 0. The monoisotopic (exact) mass is 586 g/mol. The highest BCUT2D eigenvalue weighted by molar-refractivity contribution is 7.13. The Hall–Kier alpha value is -1.97. The van der Waals surface area contributed by atoms with Crippen molar-refractivity contribution in [3.8, 4) is 22.5 Å². The quantitative estimate of drug-likeness (QED) is 0.274. The molecule has 42 heavy (non-hydrogen) atoms. The lowest BCUT2D eigenvalue weighted by molar-refractivity contribution is -0.244. The molecule has 4 unspecified atom stereocenters. The molecule has 2 N–H and O–H groups in total. The fraction of sp³-hybridized carbons (Fsp3) is 0.750. The van der Waals surface area contributed by atoms with Crippen LogP contribution in [0.1, 0.15) is 111 Å². The number of aromatic nitrogens is 4. The number of hydrogen-bond donors (Lipinski definition) is 2. The van der Waals surface area contributed by atoms with Gasteiger partial charge >= 0.3 is 0 Å². The molecule has 0 saturated heterocycles. The molecule has 10 atom stereocenters. The summed E-state index contributed by atoms with van der Waals surface area (Å²) in [7, 11) is 0. The molecule has 7 rings (SSSR count). The summed E-state index contributed by atoms with van der Waals surface area (Å²) in [5.41, 5.74) is 3.39. The molecule has 0 radical (unpaired) electrons. The van der Waals surface area contributed by atoms with Gasteiger partial charge < -0.3 is 5.11 Å². The van der Waals surface area contributed by atoms with Crippen molar-refractivity contribution in [1.82, 2.24) is 20.6 Å². The van der Waals surface area contributed by atoms with Gasteiger partial charge in [-0.05, 0) is 144 Å². The summed E-state index contributed by atoms with van der Waals surface area (Å²) in [6.07, 6.45) is 12.0. The van der Waals surface area contributed by atoms with E-state index >= 15 is 0 Å². The van der Waals surface area contributed by atoms with Gasteiger partial charge in [0.25, 0.3) is 0 Å². The molecule has 6 heteroatoms. The predicted octanol–water partition coefficient (Wildman–Crippen LogP) is 8.30. The maximum Gasteiger partial charge on any atom is 0.190 e. The number of thiophene rings is 1. The maximum absolute atomic E-state index is 11.1. The van der Waals surface area contributed by atoms with E-state index < -0.39 is 0 Å². The molecule has 5 aliphatic rings. The van der Waals surface area contributed by atoms with Gasteiger partial charge in [-0.1, -0.05) is 58.6 Å². The SMILES string of the molecule is C=C(C)[C@@H]1CC[C@]2(C#Cc3ccsc3-c3nnn[nH]3)CC[C@]3(C)C(CCC4[C@@]5(C)CC[C@H](O)C(C)(C)C5CC[C@]43C)C12. The molecule has 5 fully saturated rings. The van der Waals surface area contributed by atoms with Gasteiger partial charge in [0.05, 0.1) is 11.0 Å². The first kappa shape index (κ1) is 28.8. The van der Waals surface area contributed by atoms with E-state index in [1.54, 1.807) is 11.3 Å². The topological polar surface area (TPSA) is 74.7 Å². The van der Waals surface area contributed by atoms with E-state index in [2.05, 4.69) is 92.0 Å². The lowest BCUT2D eigenvalue weighted by atomic mass is 9.32. The van der Waals surface area contributed by atoms with Crippen LogP contribution in [0.25, 0.3) is 10.7 Å². The normalized spacial score (nSPS) is 45.5. The Bertz CT molecular complexity index is 1430. The van der Waals surface area contributed by atoms with Gasteiger partial charge in [-0.3, -0.25) is 0 Å². The Balaban J connectivity index is 1.26. The van der Waals surface area contributed by atoms with Crippen LogP contribution in [0.15, 0.2) is 23.6 Å². The first-order chi connectivity index (χ1) is 19.9. The van der Waals surface area contributed by atoms with Crippen LogP contribution in [0.3, 0.4) is 0 Å². The van der Waals surface area contributed by atoms with Crippen molar-refractivity contribution >= 4 is 11.3 Å². The maximum atomic E-state index is 11.1. The predicted molar refractivity (Wildman–Crippen MR) is 169 cm³/mol. The minimum Gasteiger partial charge on any atom is -0.393 e. The Morgan fingerprint density at radius 3 is 2.52 bits per heavy atom. The van der Waals surface area contributed by atoms with E-state index in [9.17, 15) is 5.11 Å². The van der Waals surface area contributed by atoms with Gasteiger partial charge in [0, 0.05) is 11.0 Å². The van der Waals surface area contributed by atoms with Crippen LogP contribution < -0.4 is 0 Å². The second-order valence-electron chi connectivity index (χ2n) is 16.4. The van der Waals surface area contributed by atoms with Gasteiger partial charge in [-0.15, -0.1) is 16.4 Å². The van der Waals surface area contributed by atoms with Crippen LogP contribution in [-0.2, 0) is 0 Å². The second-order valence-corrected chi connectivity index (χ2v) is 17.3. The molecule has 0 bridgehead atoms. The summed E-state index contributed by atoms with van der Waals surface area (Å²) in [6, 6.07) is 2.13. The first-order valence-electron chi connectivity index (χ1n) is 16.6. The molecule has 0 aliphatic heterocycles. The Labute approximate surface area is 256 Å². The fourth-order valence-corrected chi connectivity index (χ4v) is 13.2. The van der Waals surface area contributed by atoms with Crippen LogP contribution in [-0.4, -0.2) is 31.8 Å². The minimum atomic E-state index is -0.167. The second kappa shape index (κ2) is 9.51. The summed E-state index contributed by atoms with van der Waals surface area (Å²) in [4.78, 5) is 1.04. The Kier molecular flexibility index (Phi) is 6.52. The first-order valence-corrected chi connectivity index (χ1v) is 17.4. The van der Waals surface area contributed by atoms with Crippen LogP contribution in [0.5, 0.6) is 0 Å². The van der Waals surface area contributed by atoms with Gasteiger partial charge in [0.1, 0.15) is 0 Å². The van der Waals surface area contributed by atoms with Gasteiger partial charge in [0.15, 0.2) is 5.82 Å². The zero-order valence-corrected chi connectivity index (χ0v) is 27.4. The third-order valence-electron chi connectivity index (χ3n) is 14.7. The lowest BCUT2D eigenvalue weighted by Crippen LogP contribution is -2.66. The van der Waals surface area contributed by atoms with Gasteiger partial charge in [-0.25, -0.2) is 5.10 Å². The fourth-order valence-electron chi connectivity index (χ4n) is 12.4. The molecule has 5 aliphatic carbocycles. The molecule has 2 aromatic rings. The number of aromatic amines is 1. The van der Waals surface area contributed by atoms with E-state index in [0.717, 1.165) is 22.8 Å². The molecule has 5 nitrogen and oxygen atoms in total. The molecule has 0 spiro atoms. The van der Waals surface area contributed by atoms with Crippen molar-refractivity contribution in [3.05, 3.63) is 29.2 Å². The Morgan fingerprint density at radius 2 is 1.79 bits per heavy atom. The molecule has 2 heterocycles. The van der Waals surface area contributed by atoms with Crippen LogP contribution in [0.2, 0.25) is 0 Å². The van der Waals surface area contributed by atoms with Gasteiger partial charge in [-0.2, -0.15) is 0 Å². The van der Waals surface area contributed by atoms with E-state index in [1.165, 1.54) is 63.4 Å². The minimum absolute atomic E-state index is 0.00215. The smallest absolute Gasteiger partial charge is 0.190 e. The van der Waals surface area contributed by atoms with Crippen LogP contribution >= 0.6 is 11.3 Å². The highest BCUT2D eigenvalue weighted by Gasteiger charge is 2.70. The summed E-state index contributed by atoms with van der Waals surface area (Å²) >= 11 is 1.65. The molecule has 0 amide bonds. The summed E-state index contributed by atoms with van der Waals surface area (Å²) in [5.74, 6) is 11.5. The van der Waals surface area contributed by atoms with Crippen LogP contribution in [0.4, 0.5) is 0 Å². The number of tetrazole rings is 1. The Morgan fingerprint density at radius 1 is 0.976 bits per heavy atom. The summed E-state index contributed by atoms with van der Waals surface area (Å²) in [5, 5.41) is 27.9. The molecular weight excluding hydrogens is 536 g/mol. The number of aliphatic hydroxyl groups excluding tert-OH is 1. The number of nitrogens with zero attached hydrogens (tertiary/aromatic N) is 3. The highest BCUT2D eigenvalue weighted by Crippen LogP contribution is 2.77. The number of aliphatic hydroxyl groups is 1. The van der Waals surface area contributed by atoms with Crippen molar-refractivity contribution in [2.45, 2.75) is 112 Å². The number of hydrogen-bond acceptors (Lipinski definition) is 5. The van der Waals surface area contributed by atoms with Crippen molar-refractivity contribution in [2.24, 2.45) is 56.7 Å². The van der Waals surface area contributed by atoms with Crippen LogP contribution in [0, 0.1) is 68.5 Å². The highest BCUT2D eigenvalue weighted by atomic mass is 32.1. The molecule has 0 aromatic carbocycles. The third-order valence-corrected chi connectivity index (χ3v) is 15.6. The number of rotatable bonds is 2. The molecule has 5 saturated carbocycles. The molecule has 226 valence electrons. The number of nitrogens with one attached hydrogen (secondary N) is 1. The van der Waals surface area contributed by atoms with Crippen molar-refractivity contribution < 1.29 is 5.11 Å². The van der Waals surface area contributed by atoms with E-state index in [4.69, 9.17) is 0 Å². The molecule has 2 aromatic heterocycles. The van der Waals surface area contributed by atoms with Crippen molar-refractivity contribution in [1.29, 1.82) is 0 Å². The third kappa shape index (κ3) is 3.74. The average Bonchev–Trinajstić information content (AvgIpc) is 3.70. The standard InChI is InChI=1S/C36H50N4OS/c1-22(2)24-11-18-36(17-10-23-14-21-42-30(23)31-37-39-40-38-31)20-19-34(6)25(29(24)36)8-9-27-33(5)15-13-28(41)32(3,4)26(33)12-16-35(27,34)7/h14,21,24-29,41H,1,8-9,11-13,15-16,18-20H2,2-7H3,(H,37,38,39,40)/t24-,25?,26?,27?,28-,29?,33-,34+,35+,36+/m0/s1. The van der Waals surface area contributed by atoms with Crippen molar-refractivity contribution in [2.75, 3.05) is 0 Å². The zero-order chi connectivity index (χ0) is 29.7. The van der Waals surface area contributed by atoms with E-state index in [0.29, 0.717) is 45.7 Å². The number of allylic oxidation sites excluding steroid dienone is 1. The van der Waals surface area contributed by atoms with E-state index in [1.807, 2.05) is 0 Å². The van der Waals surface area contributed by atoms with E-state index in [-0.39, 0.29) is 16.9 Å².